The topological polar surface area (TPSA) is 94.2 Å². The summed E-state index contributed by atoms with van der Waals surface area (Å²) in [5.74, 6) is -0.622. The highest BCUT2D eigenvalue weighted by molar-refractivity contribution is 6.39. The number of carbonyl (C=O) groups is 3. The number of halogens is 1. The fraction of sp³-hybridized carbons (Fsp3) is 0.179. The van der Waals surface area contributed by atoms with Gasteiger partial charge in [-0.3, -0.25) is 14.9 Å². The van der Waals surface area contributed by atoms with Crippen LogP contribution >= 0.6 is 0 Å². The number of carbonyl (C=O) groups excluding carboxylic acids is 3. The van der Waals surface area contributed by atoms with Gasteiger partial charge >= 0.3 is 6.03 Å². The first-order valence-corrected chi connectivity index (χ1v) is 11.7. The first-order valence-electron chi connectivity index (χ1n) is 11.7. The lowest BCUT2D eigenvalue weighted by Crippen LogP contribution is -2.54. The van der Waals surface area contributed by atoms with E-state index in [1.807, 2.05) is 6.92 Å². The lowest BCUT2D eigenvalue weighted by Gasteiger charge is -2.28. The molecule has 0 saturated carbocycles. The van der Waals surface area contributed by atoms with E-state index < -0.39 is 17.8 Å². The van der Waals surface area contributed by atoms with Crippen LogP contribution in [-0.4, -0.2) is 31.1 Å². The average Bonchev–Trinajstić information content (AvgIpc) is 2.88. The number of anilines is 1. The molecule has 1 N–H and O–H groups in total. The zero-order valence-electron chi connectivity index (χ0n) is 20.3. The highest BCUT2D eigenvalue weighted by atomic mass is 19.1. The van der Waals surface area contributed by atoms with Gasteiger partial charge in [0.05, 0.1) is 18.9 Å². The molecule has 0 bridgehead atoms. The van der Waals surface area contributed by atoms with Gasteiger partial charge in [0.25, 0.3) is 11.8 Å². The van der Waals surface area contributed by atoms with Crippen LogP contribution in [0.2, 0.25) is 0 Å². The molecule has 0 radical (unpaired) electrons. The second-order valence-corrected chi connectivity index (χ2v) is 7.94. The number of benzene rings is 3. The summed E-state index contributed by atoms with van der Waals surface area (Å²) >= 11 is 0. The molecule has 0 aliphatic carbocycles. The van der Waals surface area contributed by atoms with Crippen molar-refractivity contribution in [2.45, 2.75) is 20.5 Å². The molecule has 1 saturated heterocycles. The molecule has 0 spiro atoms. The Morgan fingerprint density at radius 1 is 0.838 bits per heavy atom. The molecule has 37 heavy (non-hydrogen) atoms. The molecule has 1 aliphatic rings. The van der Waals surface area contributed by atoms with Gasteiger partial charge in [-0.2, -0.15) is 0 Å². The fourth-order valence-corrected chi connectivity index (χ4v) is 3.66. The SMILES string of the molecule is CCOc1ccc(OCC)c(N2C(=O)NC(=O)/C(=C\c3ccc(OCc4ccc(F)cc4)cc3)C2=O)c1. The van der Waals surface area contributed by atoms with Crippen molar-refractivity contribution in [1.82, 2.24) is 5.32 Å². The predicted molar refractivity (Wildman–Crippen MR) is 135 cm³/mol. The molecule has 4 rings (SSSR count). The summed E-state index contributed by atoms with van der Waals surface area (Å²) in [4.78, 5) is 39.5. The van der Waals surface area contributed by atoms with Crippen molar-refractivity contribution in [2.24, 2.45) is 0 Å². The molecular formula is C28H25FN2O6. The normalized spacial score (nSPS) is 14.5. The minimum absolute atomic E-state index is 0.165. The maximum Gasteiger partial charge on any atom is 0.336 e. The van der Waals surface area contributed by atoms with Crippen molar-refractivity contribution in [3.05, 3.63) is 89.2 Å². The molecule has 0 aromatic heterocycles. The standard InChI is InChI=1S/C28H25FN2O6/c1-3-35-22-13-14-25(36-4-2)24(16-22)31-27(33)23(26(32)30-28(31)34)15-18-7-11-21(12-8-18)37-17-19-5-9-20(29)10-6-19/h5-16H,3-4,17H2,1-2H3,(H,30,32,34)/b23-15+. The molecule has 8 nitrogen and oxygen atoms in total. The number of ether oxygens (including phenoxy) is 3. The molecule has 0 atom stereocenters. The third-order valence-corrected chi connectivity index (χ3v) is 5.39. The monoisotopic (exact) mass is 504 g/mol. The number of urea groups is 1. The Hall–Kier alpha value is -4.66. The molecule has 190 valence electrons. The molecule has 4 amide bonds. The highest BCUT2D eigenvalue weighted by Crippen LogP contribution is 2.35. The largest absolute Gasteiger partial charge is 0.494 e. The zero-order valence-corrected chi connectivity index (χ0v) is 20.3. The van der Waals surface area contributed by atoms with Gasteiger partial charge in [0.2, 0.25) is 0 Å². The van der Waals surface area contributed by atoms with E-state index in [9.17, 15) is 18.8 Å². The maximum atomic E-state index is 13.4. The van der Waals surface area contributed by atoms with Crippen LogP contribution in [0.5, 0.6) is 17.2 Å². The number of nitrogens with one attached hydrogen (secondary N) is 1. The predicted octanol–water partition coefficient (Wildman–Crippen LogP) is 4.87. The second kappa shape index (κ2) is 11.4. The number of hydrogen-bond donors (Lipinski definition) is 1. The van der Waals surface area contributed by atoms with Crippen LogP contribution in [0.3, 0.4) is 0 Å². The number of imide groups is 2. The van der Waals surface area contributed by atoms with Crippen molar-refractivity contribution in [1.29, 1.82) is 0 Å². The molecule has 9 heteroatoms. The van der Waals surface area contributed by atoms with Gasteiger partial charge in [-0.05, 0) is 67.4 Å². The summed E-state index contributed by atoms with van der Waals surface area (Å²) in [5, 5.41) is 2.21. The minimum atomic E-state index is -0.883. The lowest BCUT2D eigenvalue weighted by molar-refractivity contribution is -0.122. The third-order valence-electron chi connectivity index (χ3n) is 5.39. The molecule has 0 unspecified atom stereocenters. The summed E-state index contributed by atoms with van der Waals surface area (Å²) in [7, 11) is 0. The van der Waals surface area contributed by atoms with Crippen molar-refractivity contribution in [2.75, 3.05) is 18.1 Å². The fourth-order valence-electron chi connectivity index (χ4n) is 3.66. The number of nitrogens with zero attached hydrogens (tertiary/aromatic N) is 1. The number of amides is 4. The van der Waals surface area contributed by atoms with Crippen LogP contribution in [0.25, 0.3) is 6.08 Å². The highest BCUT2D eigenvalue weighted by Gasteiger charge is 2.38. The van der Waals surface area contributed by atoms with Crippen LogP contribution in [0.1, 0.15) is 25.0 Å². The van der Waals surface area contributed by atoms with E-state index in [4.69, 9.17) is 14.2 Å². The summed E-state index contributed by atoms with van der Waals surface area (Å²) in [6.07, 6.45) is 1.40. The Morgan fingerprint density at radius 3 is 2.19 bits per heavy atom. The van der Waals surface area contributed by atoms with E-state index in [1.165, 1.54) is 24.3 Å². The Kier molecular flexibility index (Phi) is 7.83. The van der Waals surface area contributed by atoms with Crippen molar-refractivity contribution in [3.8, 4) is 17.2 Å². The van der Waals surface area contributed by atoms with Crippen LogP contribution in [0, 0.1) is 5.82 Å². The maximum absolute atomic E-state index is 13.4. The van der Waals surface area contributed by atoms with Gasteiger partial charge in [-0.25, -0.2) is 14.1 Å². The van der Waals surface area contributed by atoms with Gasteiger partial charge in [0, 0.05) is 6.07 Å². The lowest BCUT2D eigenvalue weighted by atomic mass is 10.1. The smallest absolute Gasteiger partial charge is 0.336 e. The number of rotatable bonds is 9. The van der Waals surface area contributed by atoms with E-state index in [-0.39, 0.29) is 23.7 Å². The van der Waals surface area contributed by atoms with Gasteiger partial charge in [-0.15, -0.1) is 0 Å². The molecule has 1 aliphatic heterocycles. The van der Waals surface area contributed by atoms with Crippen LogP contribution in [0.4, 0.5) is 14.9 Å². The van der Waals surface area contributed by atoms with E-state index in [0.717, 1.165) is 10.5 Å². The first kappa shape index (κ1) is 25.4. The van der Waals surface area contributed by atoms with Gasteiger partial charge in [-0.1, -0.05) is 24.3 Å². The van der Waals surface area contributed by atoms with Gasteiger partial charge in [0.1, 0.15) is 35.2 Å². The summed E-state index contributed by atoms with van der Waals surface area (Å²) in [6, 6.07) is 16.6. The van der Waals surface area contributed by atoms with Crippen molar-refractivity contribution < 1.29 is 33.0 Å². The summed E-state index contributed by atoms with van der Waals surface area (Å²) < 4.78 is 29.9. The molecular weight excluding hydrogens is 479 g/mol. The molecule has 3 aromatic rings. The van der Waals surface area contributed by atoms with Gasteiger partial charge < -0.3 is 14.2 Å². The van der Waals surface area contributed by atoms with Crippen LogP contribution in [0.15, 0.2) is 72.3 Å². The van der Waals surface area contributed by atoms with Crippen molar-refractivity contribution in [3.63, 3.8) is 0 Å². The Morgan fingerprint density at radius 2 is 1.51 bits per heavy atom. The van der Waals surface area contributed by atoms with Crippen LogP contribution in [-0.2, 0) is 16.2 Å². The van der Waals surface area contributed by atoms with Gasteiger partial charge in [0.15, 0.2) is 0 Å². The molecule has 3 aromatic carbocycles. The van der Waals surface area contributed by atoms with E-state index >= 15 is 0 Å². The summed E-state index contributed by atoms with van der Waals surface area (Å²) in [5.41, 5.74) is 1.30. The van der Waals surface area contributed by atoms with E-state index in [2.05, 4.69) is 5.32 Å². The average molecular weight is 505 g/mol. The van der Waals surface area contributed by atoms with E-state index in [0.29, 0.717) is 36.0 Å². The Labute approximate surface area is 213 Å². The zero-order chi connectivity index (χ0) is 26.4. The second-order valence-electron chi connectivity index (χ2n) is 7.94. The quantitative estimate of drug-likeness (QED) is 0.330. The third kappa shape index (κ3) is 5.95. The molecule has 1 heterocycles. The number of barbiturate groups is 1. The first-order chi connectivity index (χ1) is 17.9. The number of hydrogen-bond acceptors (Lipinski definition) is 6. The Bertz CT molecular complexity index is 1340. The minimum Gasteiger partial charge on any atom is -0.494 e. The van der Waals surface area contributed by atoms with E-state index in [1.54, 1.807) is 55.5 Å². The summed E-state index contributed by atoms with van der Waals surface area (Å²) in [6.45, 7) is 4.54. The Balaban J connectivity index is 1.57. The van der Waals surface area contributed by atoms with Crippen LogP contribution < -0.4 is 24.4 Å². The molecule has 1 fully saturated rings. The van der Waals surface area contributed by atoms with Crippen molar-refractivity contribution >= 4 is 29.6 Å².